The molecule has 1 aliphatic rings. The van der Waals surface area contributed by atoms with E-state index in [0.717, 1.165) is 40.8 Å². The van der Waals surface area contributed by atoms with Crippen molar-refractivity contribution in [3.05, 3.63) is 75.8 Å². The average Bonchev–Trinajstić information content (AvgIpc) is 2.91. The van der Waals surface area contributed by atoms with Crippen LogP contribution in [0.4, 0.5) is 5.69 Å². The number of nitrogens with zero attached hydrogens (tertiary/aromatic N) is 1. The van der Waals surface area contributed by atoms with E-state index in [0.29, 0.717) is 5.02 Å². The Labute approximate surface area is 148 Å². The van der Waals surface area contributed by atoms with Crippen molar-refractivity contribution in [3.63, 3.8) is 0 Å². The molecule has 0 saturated heterocycles. The van der Waals surface area contributed by atoms with Crippen LogP contribution < -0.4 is 4.90 Å². The molecule has 0 aliphatic heterocycles. The summed E-state index contributed by atoms with van der Waals surface area (Å²) in [6.07, 6.45) is 5.57. The van der Waals surface area contributed by atoms with Gasteiger partial charge in [0.05, 0.1) is 0 Å². The molecule has 1 aliphatic carbocycles. The second-order valence-electron chi connectivity index (χ2n) is 6.21. The van der Waals surface area contributed by atoms with E-state index in [-0.39, 0.29) is 5.78 Å². The molecule has 0 unspecified atom stereocenters. The van der Waals surface area contributed by atoms with Gasteiger partial charge in [0, 0.05) is 36.0 Å². The van der Waals surface area contributed by atoms with Gasteiger partial charge in [-0.3, -0.25) is 4.79 Å². The molecule has 1 fully saturated rings. The molecule has 0 atom stereocenters. The second-order valence-corrected chi connectivity index (χ2v) is 6.64. The van der Waals surface area contributed by atoms with Crippen molar-refractivity contribution in [1.29, 1.82) is 0 Å². The van der Waals surface area contributed by atoms with Crippen molar-refractivity contribution in [3.8, 4) is 0 Å². The van der Waals surface area contributed by atoms with Crippen LogP contribution in [0.25, 0.3) is 12.2 Å². The van der Waals surface area contributed by atoms with E-state index >= 15 is 0 Å². The standard InChI is InChI=1S/C21H20ClNO/c1-23(2)20-11-5-16(6-12-20)14-18-8-7-17(21(18)24)13-15-3-9-19(22)10-4-15/h3-6,9-14H,7-8H2,1-2H3. The van der Waals surface area contributed by atoms with Gasteiger partial charge in [0.25, 0.3) is 0 Å². The molecule has 0 N–H and O–H groups in total. The fourth-order valence-electron chi connectivity index (χ4n) is 2.81. The highest BCUT2D eigenvalue weighted by Gasteiger charge is 2.22. The molecule has 2 aromatic carbocycles. The van der Waals surface area contributed by atoms with Crippen LogP contribution in [0.5, 0.6) is 0 Å². The van der Waals surface area contributed by atoms with Gasteiger partial charge in [0.15, 0.2) is 5.78 Å². The summed E-state index contributed by atoms with van der Waals surface area (Å²) in [5.41, 5.74) is 4.98. The number of halogens is 1. The molecule has 0 radical (unpaired) electrons. The number of Topliss-reactive ketones (excluding diaryl/α,β-unsaturated/α-hetero) is 1. The minimum absolute atomic E-state index is 0.154. The van der Waals surface area contributed by atoms with Gasteiger partial charge in [-0.15, -0.1) is 0 Å². The molecule has 0 aromatic heterocycles. The summed E-state index contributed by atoms with van der Waals surface area (Å²) in [5, 5.41) is 0.705. The normalized spacial score (nSPS) is 17.7. The SMILES string of the molecule is CN(C)c1ccc(C=C2CCC(=Cc3ccc(Cl)cc3)C2=O)cc1. The van der Waals surface area contributed by atoms with Crippen LogP contribution in [0.2, 0.25) is 5.02 Å². The lowest BCUT2D eigenvalue weighted by atomic mass is 10.1. The van der Waals surface area contributed by atoms with E-state index < -0.39 is 0 Å². The van der Waals surface area contributed by atoms with E-state index in [1.54, 1.807) is 0 Å². The monoisotopic (exact) mass is 337 g/mol. The molecule has 0 amide bonds. The molecule has 2 aromatic rings. The topological polar surface area (TPSA) is 20.3 Å². The Morgan fingerprint density at radius 3 is 1.75 bits per heavy atom. The first-order valence-electron chi connectivity index (χ1n) is 8.02. The molecule has 1 saturated carbocycles. The second kappa shape index (κ2) is 7.06. The Morgan fingerprint density at radius 1 is 0.833 bits per heavy atom. The highest BCUT2D eigenvalue weighted by molar-refractivity contribution is 6.30. The number of carbonyl (C=O) groups is 1. The molecule has 3 heteroatoms. The van der Waals surface area contributed by atoms with Crippen molar-refractivity contribution in [2.24, 2.45) is 0 Å². The molecule has 24 heavy (non-hydrogen) atoms. The Hall–Kier alpha value is -2.32. The van der Waals surface area contributed by atoms with E-state index in [4.69, 9.17) is 11.6 Å². The number of benzene rings is 2. The van der Waals surface area contributed by atoms with E-state index in [1.165, 1.54) is 0 Å². The number of hydrogen-bond acceptors (Lipinski definition) is 2. The lowest BCUT2D eigenvalue weighted by molar-refractivity contribution is -0.111. The molecule has 0 heterocycles. The summed E-state index contributed by atoms with van der Waals surface area (Å²) in [7, 11) is 4.03. The van der Waals surface area contributed by atoms with Crippen LogP contribution in [0.15, 0.2) is 59.7 Å². The van der Waals surface area contributed by atoms with E-state index in [1.807, 2.05) is 50.5 Å². The summed E-state index contributed by atoms with van der Waals surface area (Å²) in [5.74, 6) is 0.154. The number of rotatable bonds is 3. The Kier molecular flexibility index (Phi) is 4.86. The highest BCUT2D eigenvalue weighted by Crippen LogP contribution is 2.30. The number of carbonyl (C=O) groups excluding carboxylic acids is 1. The zero-order valence-electron chi connectivity index (χ0n) is 13.9. The first-order valence-corrected chi connectivity index (χ1v) is 8.39. The fourth-order valence-corrected chi connectivity index (χ4v) is 2.93. The third-order valence-corrected chi connectivity index (χ3v) is 4.46. The summed E-state index contributed by atoms with van der Waals surface area (Å²) < 4.78 is 0. The molecule has 2 nitrogen and oxygen atoms in total. The molecular weight excluding hydrogens is 318 g/mol. The zero-order chi connectivity index (χ0) is 17.1. The fraction of sp³-hybridized carbons (Fsp3) is 0.190. The predicted octanol–water partition coefficient (Wildman–Crippen LogP) is 5.24. The Morgan fingerprint density at radius 2 is 1.29 bits per heavy atom. The predicted molar refractivity (Wildman–Crippen MR) is 102 cm³/mol. The maximum absolute atomic E-state index is 12.6. The first kappa shape index (κ1) is 16.5. The number of hydrogen-bond donors (Lipinski definition) is 0. The Balaban J connectivity index is 1.79. The summed E-state index contributed by atoms with van der Waals surface area (Å²) >= 11 is 5.90. The number of ketones is 1. The lowest BCUT2D eigenvalue weighted by Gasteiger charge is -2.11. The van der Waals surface area contributed by atoms with Crippen LogP contribution in [0, 0.1) is 0 Å². The maximum atomic E-state index is 12.6. The van der Waals surface area contributed by atoms with Gasteiger partial charge >= 0.3 is 0 Å². The largest absolute Gasteiger partial charge is 0.378 e. The smallest absolute Gasteiger partial charge is 0.185 e. The third-order valence-electron chi connectivity index (χ3n) is 4.21. The van der Waals surface area contributed by atoms with Crippen molar-refractivity contribution in [2.45, 2.75) is 12.8 Å². The van der Waals surface area contributed by atoms with E-state index in [2.05, 4.69) is 29.2 Å². The minimum Gasteiger partial charge on any atom is -0.378 e. The molecule has 3 rings (SSSR count). The third kappa shape index (κ3) is 3.77. The van der Waals surface area contributed by atoms with Gasteiger partial charge in [-0.25, -0.2) is 0 Å². The first-order chi connectivity index (χ1) is 11.5. The van der Waals surface area contributed by atoms with Gasteiger partial charge in [-0.2, -0.15) is 0 Å². The quantitative estimate of drug-likeness (QED) is 0.714. The van der Waals surface area contributed by atoms with Crippen LogP contribution in [-0.2, 0) is 4.79 Å². The van der Waals surface area contributed by atoms with Crippen LogP contribution >= 0.6 is 11.6 Å². The molecule has 0 bridgehead atoms. The van der Waals surface area contributed by atoms with Crippen molar-refractivity contribution >= 4 is 35.2 Å². The zero-order valence-corrected chi connectivity index (χ0v) is 14.7. The lowest BCUT2D eigenvalue weighted by Crippen LogP contribution is -2.07. The van der Waals surface area contributed by atoms with Gasteiger partial charge in [-0.1, -0.05) is 35.9 Å². The van der Waals surface area contributed by atoms with Gasteiger partial charge in [0.2, 0.25) is 0 Å². The highest BCUT2D eigenvalue weighted by atomic mass is 35.5. The van der Waals surface area contributed by atoms with Crippen molar-refractivity contribution in [1.82, 2.24) is 0 Å². The summed E-state index contributed by atoms with van der Waals surface area (Å²) in [4.78, 5) is 14.6. The van der Waals surface area contributed by atoms with Gasteiger partial charge in [0.1, 0.15) is 0 Å². The van der Waals surface area contributed by atoms with Crippen molar-refractivity contribution in [2.75, 3.05) is 19.0 Å². The number of allylic oxidation sites excluding steroid dienone is 2. The Bertz CT molecular complexity index is 799. The van der Waals surface area contributed by atoms with E-state index in [9.17, 15) is 4.79 Å². The molecule has 0 spiro atoms. The summed E-state index contributed by atoms with van der Waals surface area (Å²) in [6.45, 7) is 0. The van der Waals surface area contributed by atoms with Crippen molar-refractivity contribution < 1.29 is 4.79 Å². The molecular formula is C21H20ClNO. The maximum Gasteiger partial charge on any atom is 0.185 e. The van der Waals surface area contributed by atoms with Gasteiger partial charge in [-0.05, 0) is 60.4 Å². The van der Waals surface area contributed by atoms with Crippen LogP contribution in [0.3, 0.4) is 0 Å². The molecule has 122 valence electrons. The minimum atomic E-state index is 0.154. The van der Waals surface area contributed by atoms with Crippen LogP contribution in [-0.4, -0.2) is 19.9 Å². The van der Waals surface area contributed by atoms with Crippen LogP contribution in [0.1, 0.15) is 24.0 Å². The van der Waals surface area contributed by atoms with Gasteiger partial charge < -0.3 is 4.90 Å². The average molecular weight is 338 g/mol. The number of anilines is 1. The summed E-state index contributed by atoms with van der Waals surface area (Å²) in [6, 6.07) is 15.8.